The van der Waals surface area contributed by atoms with Crippen molar-refractivity contribution >= 4 is 62.2 Å². The molecule has 2 aromatic heterocycles. The van der Waals surface area contributed by atoms with Crippen LogP contribution in [0, 0.1) is 0 Å². The largest absolute Gasteiger partial charge is 0.483 e. The molecule has 2 aromatic rings. The van der Waals surface area contributed by atoms with Crippen LogP contribution in [0.5, 0.6) is 0 Å². The van der Waals surface area contributed by atoms with E-state index in [-0.39, 0.29) is 46.5 Å². The number of rotatable bonds is 9. The molecular formula is C16H25N5NaO15P2. The summed E-state index contributed by atoms with van der Waals surface area (Å²) >= 11 is 0. The molecule has 2 fully saturated rings. The maximum absolute atomic E-state index is 12.3. The monoisotopic (exact) mass is 612 g/mol. The normalized spacial score (nSPS) is 36.3. The van der Waals surface area contributed by atoms with Gasteiger partial charge in [0.1, 0.15) is 54.6 Å². The molecule has 0 saturated carbocycles. The van der Waals surface area contributed by atoms with Gasteiger partial charge in [-0.2, -0.15) is 4.31 Å². The van der Waals surface area contributed by atoms with Gasteiger partial charge in [0.15, 0.2) is 24.0 Å². The first-order chi connectivity index (χ1) is 17.7. The van der Waals surface area contributed by atoms with E-state index in [2.05, 4.69) is 28.3 Å². The van der Waals surface area contributed by atoms with Crippen molar-refractivity contribution in [1.29, 1.82) is 0 Å². The van der Waals surface area contributed by atoms with Gasteiger partial charge < -0.3 is 55.6 Å². The zero-order chi connectivity index (χ0) is 28.0. The number of hydrogen-bond acceptors (Lipinski definition) is 17. The van der Waals surface area contributed by atoms with Crippen LogP contribution >= 0.6 is 15.6 Å². The van der Waals surface area contributed by atoms with Crippen molar-refractivity contribution in [3.8, 4) is 0 Å². The number of phosphoric ester groups is 2. The fourth-order valence-electron chi connectivity index (χ4n) is 3.78. The Bertz CT molecular complexity index is 1240. The molecule has 215 valence electrons. The predicted molar refractivity (Wildman–Crippen MR) is 123 cm³/mol. The van der Waals surface area contributed by atoms with Crippen LogP contribution in [0.25, 0.3) is 11.2 Å². The van der Waals surface area contributed by atoms with Gasteiger partial charge >= 0.3 is 15.6 Å². The van der Waals surface area contributed by atoms with Crippen LogP contribution in [0.4, 0.5) is 5.82 Å². The van der Waals surface area contributed by atoms with Crippen LogP contribution in [-0.4, -0.2) is 152 Å². The number of nitrogens with zero attached hydrogens (tertiary/aromatic N) is 4. The van der Waals surface area contributed by atoms with Gasteiger partial charge in [0.05, 0.1) is 19.5 Å². The molecule has 0 spiro atoms. The summed E-state index contributed by atoms with van der Waals surface area (Å²) in [5.41, 5.74) is 6.05. The Morgan fingerprint density at radius 2 is 1.59 bits per heavy atom. The molecule has 1 radical (unpaired) electrons. The average molecular weight is 612 g/mol. The van der Waals surface area contributed by atoms with Gasteiger partial charge in [0.2, 0.25) is 0 Å². The Hall–Kier alpha value is -0.710. The first-order valence-electron chi connectivity index (χ1n) is 10.7. The third-order valence-corrected chi connectivity index (χ3v) is 8.29. The van der Waals surface area contributed by atoms with Crippen LogP contribution < -0.4 is 5.73 Å². The number of nitrogens with two attached hydrogens (primary N) is 1. The zero-order valence-corrected chi connectivity index (χ0v) is 23.7. The molecule has 2 aliphatic rings. The predicted octanol–water partition coefficient (Wildman–Crippen LogP) is -4.30. The Kier molecular flexibility index (Phi) is 10.6. The first kappa shape index (κ1) is 32.8. The van der Waals surface area contributed by atoms with Gasteiger partial charge in [-0.1, -0.05) is 0 Å². The van der Waals surface area contributed by atoms with E-state index < -0.39 is 84.1 Å². The number of aliphatic hydroxyl groups is 6. The first-order valence-corrected chi connectivity index (χ1v) is 13.7. The molecule has 0 aromatic carbocycles. The molecule has 0 amide bonds. The zero-order valence-electron chi connectivity index (χ0n) is 20.0. The van der Waals surface area contributed by atoms with Crippen molar-refractivity contribution in [1.82, 2.24) is 19.5 Å². The molecule has 11 unspecified atom stereocenters. The van der Waals surface area contributed by atoms with Gasteiger partial charge in [-0.25, -0.2) is 24.1 Å². The molecule has 4 rings (SSSR count). The van der Waals surface area contributed by atoms with Gasteiger partial charge in [0.25, 0.3) is 0 Å². The molecule has 4 heterocycles. The van der Waals surface area contributed by atoms with Crippen molar-refractivity contribution < 1.29 is 72.4 Å². The summed E-state index contributed by atoms with van der Waals surface area (Å²) in [6, 6.07) is 0. The Morgan fingerprint density at radius 3 is 2.26 bits per heavy atom. The molecule has 0 aliphatic carbocycles. The molecule has 0 bridgehead atoms. The second kappa shape index (κ2) is 12.7. The molecule has 2 aliphatic heterocycles. The van der Waals surface area contributed by atoms with Crippen LogP contribution in [0.15, 0.2) is 12.7 Å². The average Bonchev–Trinajstić information content (AvgIpc) is 3.39. The number of fused-ring (bicyclic) bond motifs is 1. The van der Waals surface area contributed by atoms with Crippen molar-refractivity contribution in [2.24, 2.45) is 0 Å². The molecular weight excluding hydrogens is 587 g/mol. The van der Waals surface area contributed by atoms with Gasteiger partial charge in [-0.15, -0.1) is 0 Å². The number of ether oxygens (including phenoxy) is 2. The SMILES string of the molecule is Nc1ncnc2c1ncn2C1OC(COP(=O)(O)OP(=O)(O)OC2OC(CO)C(O)C(O)C2O)C(O)C1O.[Na]. The van der Waals surface area contributed by atoms with E-state index in [4.69, 9.17) is 20.3 Å². The van der Waals surface area contributed by atoms with E-state index in [9.17, 15) is 44.4 Å². The summed E-state index contributed by atoms with van der Waals surface area (Å²) in [6.45, 7) is -1.82. The summed E-state index contributed by atoms with van der Waals surface area (Å²) in [6.07, 6.45) is -13.3. The fourth-order valence-corrected chi connectivity index (χ4v) is 5.94. The third kappa shape index (κ3) is 7.03. The molecule has 11 atom stereocenters. The second-order valence-electron chi connectivity index (χ2n) is 8.25. The van der Waals surface area contributed by atoms with E-state index in [0.29, 0.717) is 0 Å². The fraction of sp³-hybridized carbons (Fsp3) is 0.688. The Balaban J connectivity index is 0.00000420. The summed E-state index contributed by atoms with van der Waals surface area (Å²) in [5, 5.41) is 59.2. The molecule has 10 N–H and O–H groups in total. The van der Waals surface area contributed by atoms with E-state index in [0.717, 1.165) is 6.33 Å². The number of nitrogen functional groups attached to an aromatic ring is 1. The summed E-state index contributed by atoms with van der Waals surface area (Å²) in [7, 11) is -11.0. The minimum Gasteiger partial charge on any atom is -0.394 e. The molecule has 2 saturated heterocycles. The molecule has 23 heteroatoms. The topological polar surface area (TPSA) is 312 Å². The smallest absolute Gasteiger partial charge is 0.394 e. The van der Waals surface area contributed by atoms with Crippen molar-refractivity contribution in [2.45, 2.75) is 55.2 Å². The minimum atomic E-state index is -5.56. The van der Waals surface area contributed by atoms with E-state index in [1.54, 1.807) is 0 Å². The molecule has 20 nitrogen and oxygen atoms in total. The number of anilines is 1. The Labute approximate surface area is 240 Å². The standard InChI is InChI=1S/C16H25N5O15P2.Na/c17-13-7-14(19-3-18-13)21(4-20-7)15-11(26)9(24)6(33-15)2-32-37(28,29)36-38(30,31)35-16-12(27)10(25)8(23)5(1-22)34-16;/h3-6,8-12,15-16,22-27H,1-2H2,(H,28,29)(H,30,31)(H2,17,18,19);. The quantitative estimate of drug-likeness (QED) is 0.0955. The van der Waals surface area contributed by atoms with Crippen LogP contribution in [0.2, 0.25) is 0 Å². The number of hydrogen-bond donors (Lipinski definition) is 9. The van der Waals surface area contributed by atoms with Crippen LogP contribution in [-0.2, 0) is 32.0 Å². The number of imidazole rings is 1. The number of phosphoric acid groups is 2. The van der Waals surface area contributed by atoms with Crippen LogP contribution in [0.3, 0.4) is 0 Å². The number of aliphatic hydroxyl groups excluding tert-OH is 6. The van der Waals surface area contributed by atoms with Gasteiger partial charge in [-0.3, -0.25) is 13.6 Å². The van der Waals surface area contributed by atoms with Crippen LogP contribution in [0.1, 0.15) is 6.23 Å². The van der Waals surface area contributed by atoms with E-state index in [1.807, 2.05) is 0 Å². The van der Waals surface area contributed by atoms with Gasteiger partial charge in [0, 0.05) is 29.6 Å². The summed E-state index contributed by atoms with van der Waals surface area (Å²) < 4.78 is 49.3. The second-order valence-corrected chi connectivity index (χ2v) is 11.2. The van der Waals surface area contributed by atoms with Gasteiger partial charge in [-0.05, 0) is 0 Å². The van der Waals surface area contributed by atoms with E-state index >= 15 is 0 Å². The minimum absolute atomic E-state index is 0. The summed E-state index contributed by atoms with van der Waals surface area (Å²) in [4.78, 5) is 31.5. The van der Waals surface area contributed by atoms with Crippen molar-refractivity contribution in [2.75, 3.05) is 18.9 Å². The maximum Gasteiger partial charge on any atom is 0.483 e. The number of aromatic nitrogens is 4. The maximum atomic E-state index is 12.3. The van der Waals surface area contributed by atoms with Crippen molar-refractivity contribution in [3.05, 3.63) is 12.7 Å². The van der Waals surface area contributed by atoms with E-state index in [1.165, 1.54) is 10.9 Å². The third-order valence-electron chi connectivity index (χ3n) is 5.69. The summed E-state index contributed by atoms with van der Waals surface area (Å²) in [5.74, 6) is 0.0411. The van der Waals surface area contributed by atoms with Crippen molar-refractivity contribution in [3.63, 3.8) is 0 Å². The molecule has 39 heavy (non-hydrogen) atoms. The Morgan fingerprint density at radius 1 is 0.923 bits per heavy atom.